The van der Waals surface area contributed by atoms with E-state index in [1.807, 2.05) is 58.0 Å². The number of nitrogens with one attached hydrogen (secondary N) is 1. The second kappa shape index (κ2) is 14.0. The fraction of sp³-hybridized carbons (Fsp3) is 0.257. The molecule has 1 atom stereocenters. The second-order valence-electron chi connectivity index (χ2n) is 11.9. The zero-order valence-corrected chi connectivity index (χ0v) is 26.5. The van der Waals surface area contributed by atoms with Crippen molar-refractivity contribution in [2.24, 2.45) is 0 Å². The number of halogens is 2. The summed E-state index contributed by atoms with van der Waals surface area (Å²) >= 11 is 0. The molecule has 0 radical (unpaired) electrons. The van der Waals surface area contributed by atoms with E-state index in [4.69, 9.17) is 0 Å². The van der Waals surface area contributed by atoms with Crippen LogP contribution in [0.5, 0.6) is 0 Å². The van der Waals surface area contributed by atoms with Crippen molar-refractivity contribution in [3.8, 4) is 0 Å². The molecule has 0 bridgehead atoms. The molecule has 10 heteroatoms. The van der Waals surface area contributed by atoms with E-state index in [9.17, 15) is 22.4 Å². The summed E-state index contributed by atoms with van der Waals surface area (Å²) in [4.78, 5) is 29.3. The van der Waals surface area contributed by atoms with Crippen LogP contribution in [0.15, 0.2) is 108 Å². The van der Waals surface area contributed by atoms with Crippen LogP contribution in [0.1, 0.15) is 37.5 Å². The van der Waals surface area contributed by atoms with Gasteiger partial charge >= 0.3 is 0 Å². The standard InChI is InChI=1S/C35H37F2N3O4S/c1-25-14-18-29(19-15-25)40(45(43,44)30-20-16-28(36)17-21-30)24-33(41)39(23-27-12-8-9-13-31(27)37)32(34(42)38-35(2,3)4)22-26-10-6-5-7-11-26/h5-21,32H,22-24H2,1-4H3,(H,38,42)/t32-/m0/s1. The van der Waals surface area contributed by atoms with E-state index in [2.05, 4.69) is 5.32 Å². The highest BCUT2D eigenvalue weighted by molar-refractivity contribution is 7.92. The van der Waals surface area contributed by atoms with Crippen molar-refractivity contribution in [1.82, 2.24) is 10.2 Å². The Morgan fingerprint density at radius 2 is 1.42 bits per heavy atom. The summed E-state index contributed by atoms with van der Waals surface area (Å²) in [7, 11) is -4.38. The van der Waals surface area contributed by atoms with Crippen LogP contribution >= 0.6 is 0 Å². The number of amides is 2. The predicted molar refractivity (Wildman–Crippen MR) is 171 cm³/mol. The first-order valence-corrected chi connectivity index (χ1v) is 15.9. The van der Waals surface area contributed by atoms with Gasteiger partial charge < -0.3 is 10.2 Å². The molecule has 7 nitrogen and oxygen atoms in total. The monoisotopic (exact) mass is 633 g/mol. The lowest BCUT2D eigenvalue weighted by molar-refractivity contribution is -0.140. The number of rotatable bonds is 11. The van der Waals surface area contributed by atoms with Crippen molar-refractivity contribution < 1.29 is 26.8 Å². The normalized spacial score (nSPS) is 12.3. The Morgan fingerprint density at radius 1 is 0.822 bits per heavy atom. The molecule has 0 spiro atoms. The number of hydrogen-bond acceptors (Lipinski definition) is 4. The quantitative estimate of drug-likeness (QED) is 0.219. The van der Waals surface area contributed by atoms with Crippen LogP contribution in [0.2, 0.25) is 0 Å². The third-order valence-corrected chi connectivity index (χ3v) is 8.86. The average Bonchev–Trinajstić information content (AvgIpc) is 2.99. The molecular weight excluding hydrogens is 596 g/mol. The van der Waals surface area contributed by atoms with Gasteiger partial charge in [0.15, 0.2) is 0 Å². The maximum absolute atomic E-state index is 15.0. The molecule has 4 aromatic carbocycles. The van der Waals surface area contributed by atoms with E-state index in [0.717, 1.165) is 39.7 Å². The molecule has 0 saturated carbocycles. The molecule has 2 amide bonds. The fourth-order valence-corrected chi connectivity index (χ4v) is 6.20. The summed E-state index contributed by atoms with van der Waals surface area (Å²) in [5.41, 5.74) is 1.33. The first kappa shape index (κ1) is 33.3. The summed E-state index contributed by atoms with van der Waals surface area (Å²) in [5, 5.41) is 2.93. The number of carbonyl (C=O) groups is 2. The van der Waals surface area contributed by atoms with Gasteiger partial charge in [-0.15, -0.1) is 0 Å². The van der Waals surface area contributed by atoms with Gasteiger partial charge in [-0.2, -0.15) is 0 Å². The Hall–Kier alpha value is -4.57. The molecule has 0 aromatic heterocycles. The molecule has 0 aliphatic carbocycles. The predicted octanol–water partition coefficient (Wildman–Crippen LogP) is 6.02. The number of carbonyl (C=O) groups excluding carboxylic acids is 2. The Morgan fingerprint density at radius 3 is 2.02 bits per heavy atom. The zero-order chi connectivity index (χ0) is 32.8. The average molecular weight is 634 g/mol. The molecular formula is C35H37F2N3O4S. The molecule has 0 unspecified atom stereocenters. The second-order valence-corrected chi connectivity index (χ2v) is 13.7. The first-order valence-electron chi connectivity index (χ1n) is 14.5. The minimum Gasteiger partial charge on any atom is -0.350 e. The third kappa shape index (κ3) is 8.76. The van der Waals surface area contributed by atoms with Crippen molar-refractivity contribution in [2.75, 3.05) is 10.8 Å². The number of anilines is 1. The highest BCUT2D eigenvalue weighted by Gasteiger charge is 2.36. The zero-order valence-electron chi connectivity index (χ0n) is 25.7. The summed E-state index contributed by atoms with van der Waals surface area (Å²) < 4.78 is 57.6. The van der Waals surface area contributed by atoms with Gasteiger partial charge in [0.2, 0.25) is 11.8 Å². The van der Waals surface area contributed by atoms with Crippen molar-refractivity contribution in [2.45, 2.75) is 57.1 Å². The summed E-state index contributed by atoms with van der Waals surface area (Å²) in [5.74, 6) is -2.38. The Bertz CT molecular complexity index is 1720. The Labute approximate surface area is 263 Å². The van der Waals surface area contributed by atoms with Crippen LogP contribution in [-0.4, -0.2) is 43.3 Å². The van der Waals surface area contributed by atoms with E-state index in [1.165, 1.54) is 23.1 Å². The van der Waals surface area contributed by atoms with Crippen LogP contribution < -0.4 is 9.62 Å². The Balaban J connectivity index is 1.82. The minimum atomic E-state index is -4.38. The number of nitrogens with zero attached hydrogens (tertiary/aromatic N) is 2. The van der Waals surface area contributed by atoms with E-state index in [0.29, 0.717) is 0 Å². The van der Waals surface area contributed by atoms with Crippen LogP contribution in [0.3, 0.4) is 0 Å². The molecule has 0 aliphatic rings. The highest BCUT2D eigenvalue weighted by atomic mass is 32.2. The maximum atomic E-state index is 15.0. The van der Waals surface area contributed by atoms with E-state index in [1.54, 1.807) is 30.3 Å². The van der Waals surface area contributed by atoms with Crippen LogP contribution in [0.4, 0.5) is 14.5 Å². The van der Waals surface area contributed by atoms with E-state index < -0.39 is 51.6 Å². The fourth-order valence-electron chi connectivity index (χ4n) is 4.79. The van der Waals surface area contributed by atoms with Crippen LogP contribution in [0, 0.1) is 18.6 Å². The summed E-state index contributed by atoms with van der Waals surface area (Å²) in [6, 6.07) is 24.8. The van der Waals surface area contributed by atoms with Crippen LogP contribution in [-0.2, 0) is 32.6 Å². The van der Waals surface area contributed by atoms with E-state index in [-0.39, 0.29) is 29.1 Å². The van der Waals surface area contributed by atoms with Crippen molar-refractivity contribution >= 4 is 27.5 Å². The van der Waals surface area contributed by atoms with Gasteiger partial charge in [0.25, 0.3) is 10.0 Å². The van der Waals surface area contributed by atoms with Crippen molar-refractivity contribution in [1.29, 1.82) is 0 Å². The molecule has 1 N–H and O–H groups in total. The molecule has 0 saturated heterocycles. The third-order valence-electron chi connectivity index (χ3n) is 7.07. The number of benzene rings is 4. The Kier molecular flexibility index (Phi) is 10.4. The van der Waals surface area contributed by atoms with Gasteiger partial charge in [-0.1, -0.05) is 66.2 Å². The molecule has 4 rings (SSSR count). The topological polar surface area (TPSA) is 86.8 Å². The van der Waals surface area contributed by atoms with Gasteiger partial charge in [-0.25, -0.2) is 17.2 Å². The maximum Gasteiger partial charge on any atom is 0.264 e. The summed E-state index contributed by atoms with van der Waals surface area (Å²) in [6.07, 6.45) is 0.0954. The van der Waals surface area contributed by atoms with Gasteiger partial charge in [-0.3, -0.25) is 13.9 Å². The minimum absolute atomic E-state index is 0.0954. The lowest BCUT2D eigenvalue weighted by Crippen LogP contribution is -2.56. The van der Waals surface area contributed by atoms with Crippen molar-refractivity contribution in [3.05, 3.63) is 131 Å². The number of sulfonamides is 1. The number of hydrogen-bond donors (Lipinski definition) is 1. The lowest BCUT2D eigenvalue weighted by atomic mass is 10.0. The van der Waals surface area contributed by atoms with E-state index >= 15 is 4.39 Å². The summed E-state index contributed by atoms with van der Waals surface area (Å²) in [6.45, 7) is 6.27. The van der Waals surface area contributed by atoms with Crippen molar-refractivity contribution in [3.63, 3.8) is 0 Å². The molecule has 0 heterocycles. The largest absolute Gasteiger partial charge is 0.350 e. The molecule has 45 heavy (non-hydrogen) atoms. The smallest absolute Gasteiger partial charge is 0.264 e. The molecule has 0 aliphatic heterocycles. The molecule has 0 fully saturated rings. The van der Waals surface area contributed by atoms with Gasteiger partial charge in [-0.05, 0) is 75.7 Å². The SMILES string of the molecule is Cc1ccc(N(CC(=O)N(Cc2ccccc2F)[C@@H](Cc2ccccc2)C(=O)NC(C)(C)C)S(=O)(=O)c2ccc(F)cc2)cc1. The number of aryl methyl sites for hydroxylation is 1. The highest BCUT2D eigenvalue weighted by Crippen LogP contribution is 2.26. The molecule has 4 aromatic rings. The van der Waals surface area contributed by atoms with Gasteiger partial charge in [0.05, 0.1) is 10.6 Å². The van der Waals surface area contributed by atoms with Gasteiger partial charge in [0.1, 0.15) is 24.2 Å². The lowest BCUT2D eigenvalue weighted by Gasteiger charge is -2.35. The molecule has 236 valence electrons. The van der Waals surface area contributed by atoms with Gasteiger partial charge in [0, 0.05) is 24.1 Å². The van der Waals surface area contributed by atoms with Crippen LogP contribution in [0.25, 0.3) is 0 Å². The first-order chi connectivity index (χ1) is 21.2.